The highest BCUT2D eigenvalue weighted by Crippen LogP contribution is 2.34. The molecule has 0 aliphatic carbocycles. The molecule has 6 nitrogen and oxygen atoms in total. The van der Waals surface area contributed by atoms with Gasteiger partial charge in [-0.3, -0.25) is 9.36 Å². The van der Waals surface area contributed by atoms with Crippen molar-refractivity contribution >= 4 is 22.7 Å². The Hall–Kier alpha value is -2.93. The van der Waals surface area contributed by atoms with Crippen LogP contribution < -0.4 is 5.56 Å². The Kier molecular flexibility index (Phi) is 4.77. The van der Waals surface area contributed by atoms with Crippen LogP contribution in [0.2, 0.25) is 0 Å². The zero-order chi connectivity index (χ0) is 19.8. The minimum absolute atomic E-state index is 0.0873. The summed E-state index contributed by atoms with van der Waals surface area (Å²) in [4.78, 5) is 22.5. The van der Waals surface area contributed by atoms with E-state index in [1.165, 1.54) is 11.8 Å². The van der Waals surface area contributed by atoms with E-state index < -0.39 is 0 Å². The van der Waals surface area contributed by atoms with Crippen LogP contribution in [0.5, 0.6) is 0 Å². The summed E-state index contributed by atoms with van der Waals surface area (Å²) in [7, 11) is 0. The standard InChI is InChI=1S/C21H20N4O2S/c1-12-9-10-13(2)18(11-12)25-20(26)16-7-5-6-8-17(16)23-21(25)28-14(3)19-22-15(4)24-27-19/h5-11,14H,1-4H3. The van der Waals surface area contributed by atoms with Crippen molar-refractivity contribution in [2.45, 2.75) is 38.1 Å². The Morgan fingerprint density at radius 2 is 1.86 bits per heavy atom. The zero-order valence-corrected chi connectivity index (χ0v) is 16.9. The van der Waals surface area contributed by atoms with Crippen LogP contribution in [0.1, 0.15) is 35.0 Å². The van der Waals surface area contributed by atoms with Crippen LogP contribution in [-0.2, 0) is 0 Å². The number of para-hydroxylation sites is 1. The molecule has 0 N–H and O–H groups in total. The van der Waals surface area contributed by atoms with Gasteiger partial charge in [0, 0.05) is 0 Å². The monoisotopic (exact) mass is 392 g/mol. The summed E-state index contributed by atoms with van der Waals surface area (Å²) in [6.07, 6.45) is 0. The molecule has 0 saturated heterocycles. The summed E-state index contributed by atoms with van der Waals surface area (Å²) in [5.74, 6) is 1.10. The van der Waals surface area contributed by atoms with Gasteiger partial charge in [0.2, 0.25) is 5.89 Å². The number of nitrogens with zero attached hydrogens (tertiary/aromatic N) is 4. The SMILES string of the molecule is Cc1ccc(C)c(-n2c(SC(C)c3nc(C)no3)nc3ccccc3c2=O)c1. The van der Waals surface area contributed by atoms with Crippen molar-refractivity contribution < 1.29 is 4.52 Å². The van der Waals surface area contributed by atoms with E-state index in [-0.39, 0.29) is 10.8 Å². The first-order valence-corrected chi connectivity index (χ1v) is 9.88. The van der Waals surface area contributed by atoms with Crippen molar-refractivity contribution in [3.05, 3.63) is 75.7 Å². The molecular formula is C21H20N4O2S. The van der Waals surface area contributed by atoms with E-state index in [0.717, 1.165) is 16.8 Å². The summed E-state index contributed by atoms with van der Waals surface area (Å²) in [5.41, 5.74) is 3.51. The zero-order valence-electron chi connectivity index (χ0n) is 16.1. The van der Waals surface area contributed by atoms with Gasteiger partial charge in [-0.15, -0.1) is 0 Å². The third-order valence-corrected chi connectivity index (χ3v) is 5.56. The number of rotatable bonds is 4. The molecule has 0 bridgehead atoms. The van der Waals surface area contributed by atoms with Crippen LogP contribution in [0.15, 0.2) is 56.9 Å². The van der Waals surface area contributed by atoms with Gasteiger partial charge in [0.15, 0.2) is 11.0 Å². The van der Waals surface area contributed by atoms with E-state index in [1.807, 2.05) is 63.2 Å². The number of aromatic nitrogens is 4. The van der Waals surface area contributed by atoms with Gasteiger partial charge in [-0.25, -0.2) is 4.98 Å². The molecule has 7 heteroatoms. The third kappa shape index (κ3) is 3.33. The Morgan fingerprint density at radius 1 is 1.07 bits per heavy atom. The van der Waals surface area contributed by atoms with Crippen molar-refractivity contribution in [3.8, 4) is 5.69 Å². The molecule has 2 heterocycles. The largest absolute Gasteiger partial charge is 0.338 e. The van der Waals surface area contributed by atoms with Crippen molar-refractivity contribution in [3.63, 3.8) is 0 Å². The first-order valence-electron chi connectivity index (χ1n) is 9.00. The molecule has 1 unspecified atom stereocenters. The maximum Gasteiger partial charge on any atom is 0.266 e. The molecule has 0 spiro atoms. The van der Waals surface area contributed by atoms with Gasteiger partial charge in [-0.2, -0.15) is 4.98 Å². The Bertz CT molecular complexity index is 1230. The predicted octanol–water partition coefficient (Wildman–Crippen LogP) is 4.55. The fourth-order valence-corrected chi connectivity index (χ4v) is 4.00. The van der Waals surface area contributed by atoms with Gasteiger partial charge in [-0.05, 0) is 57.0 Å². The quantitative estimate of drug-likeness (QED) is 0.375. The van der Waals surface area contributed by atoms with Crippen LogP contribution in [0.25, 0.3) is 16.6 Å². The number of hydrogen-bond acceptors (Lipinski definition) is 6. The summed E-state index contributed by atoms with van der Waals surface area (Å²) in [6, 6.07) is 13.5. The van der Waals surface area contributed by atoms with Crippen molar-refractivity contribution in [1.82, 2.24) is 19.7 Å². The highest BCUT2D eigenvalue weighted by atomic mass is 32.2. The van der Waals surface area contributed by atoms with Crippen LogP contribution >= 0.6 is 11.8 Å². The van der Waals surface area contributed by atoms with E-state index >= 15 is 0 Å². The van der Waals surface area contributed by atoms with Crippen LogP contribution in [0.4, 0.5) is 0 Å². The first-order chi connectivity index (χ1) is 13.4. The molecular weight excluding hydrogens is 372 g/mol. The van der Waals surface area contributed by atoms with Crippen molar-refractivity contribution in [2.75, 3.05) is 0 Å². The van der Waals surface area contributed by atoms with Gasteiger partial charge >= 0.3 is 0 Å². The smallest absolute Gasteiger partial charge is 0.266 e. The molecule has 0 aliphatic heterocycles. The van der Waals surface area contributed by atoms with Crippen molar-refractivity contribution in [2.24, 2.45) is 0 Å². The number of hydrogen-bond donors (Lipinski definition) is 0. The summed E-state index contributed by atoms with van der Waals surface area (Å²) in [5, 5.41) is 4.91. The number of benzene rings is 2. The van der Waals surface area contributed by atoms with Crippen LogP contribution in [0.3, 0.4) is 0 Å². The molecule has 0 amide bonds. The second-order valence-corrected chi connectivity index (χ2v) is 8.09. The summed E-state index contributed by atoms with van der Waals surface area (Å²) >= 11 is 1.43. The molecule has 2 aromatic carbocycles. The van der Waals surface area contributed by atoms with Gasteiger partial charge in [0.1, 0.15) is 0 Å². The first kappa shape index (κ1) is 18.4. The van der Waals surface area contributed by atoms with Gasteiger partial charge in [0.25, 0.3) is 5.56 Å². The van der Waals surface area contributed by atoms with Crippen molar-refractivity contribution in [1.29, 1.82) is 0 Å². The molecule has 0 aliphatic rings. The Balaban J connectivity index is 1.93. The lowest BCUT2D eigenvalue weighted by Crippen LogP contribution is -2.22. The Labute approximate surface area is 166 Å². The predicted molar refractivity (Wildman–Crippen MR) is 110 cm³/mol. The fraction of sp³-hybridized carbons (Fsp3) is 0.238. The molecule has 4 rings (SSSR count). The molecule has 0 fully saturated rings. The van der Waals surface area contributed by atoms with Gasteiger partial charge in [0.05, 0.1) is 21.8 Å². The van der Waals surface area contributed by atoms with E-state index in [2.05, 4.69) is 10.1 Å². The van der Waals surface area contributed by atoms with Crippen LogP contribution in [0, 0.1) is 20.8 Å². The highest BCUT2D eigenvalue weighted by molar-refractivity contribution is 7.99. The van der Waals surface area contributed by atoms with Gasteiger partial charge < -0.3 is 4.52 Å². The van der Waals surface area contributed by atoms with E-state index in [4.69, 9.17) is 9.51 Å². The number of aryl methyl sites for hydroxylation is 3. The van der Waals surface area contributed by atoms with Gasteiger partial charge in [-0.1, -0.05) is 41.2 Å². The van der Waals surface area contributed by atoms with E-state index in [1.54, 1.807) is 11.5 Å². The molecule has 2 aromatic heterocycles. The van der Waals surface area contributed by atoms with E-state index in [9.17, 15) is 4.79 Å². The highest BCUT2D eigenvalue weighted by Gasteiger charge is 2.21. The lowest BCUT2D eigenvalue weighted by Gasteiger charge is -2.17. The lowest BCUT2D eigenvalue weighted by molar-refractivity contribution is 0.376. The molecule has 28 heavy (non-hydrogen) atoms. The number of fused-ring (bicyclic) bond motifs is 1. The summed E-state index contributed by atoms with van der Waals surface area (Å²) < 4.78 is 7.00. The normalized spacial score (nSPS) is 12.4. The second kappa shape index (κ2) is 7.24. The maximum absolute atomic E-state index is 13.4. The average Bonchev–Trinajstić information content (AvgIpc) is 3.11. The lowest BCUT2D eigenvalue weighted by atomic mass is 10.1. The minimum Gasteiger partial charge on any atom is -0.338 e. The molecule has 1 atom stereocenters. The minimum atomic E-state index is -0.148. The summed E-state index contributed by atoms with van der Waals surface area (Å²) in [6.45, 7) is 7.76. The molecule has 4 aromatic rings. The molecule has 0 radical (unpaired) electrons. The van der Waals surface area contributed by atoms with Crippen LogP contribution in [-0.4, -0.2) is 19.7 Å². The number of thioether (sulfide) groups is 1. The topological polar surface area (TPSA) is 73.8 Å². The second-order valence-electron chi connectivity index (χ2n) is 6.78. The maximum atomic E-state index is 13.4. The fourth-order valence-electron chi connectivity index (χ4n) is 3.05. The Morgan fingerprint density at radius 3 is 2.61 bits per heavy atom. The molecule has 0 saturated carbocycles. The third-order valence-electron chi connectivity index (χ3n) is 4.52. The van der Waals surface area contributed by atoms with E-state index in [0.29, 0.717) is 27.8 Å². The average molecular weight is 392 g/mol. The molecule has 142 valence electrons.